The molecule has 0 aliphatic carbocycles. The monoisotopic (exact) mass is 401 g/mol. The van der Waals surface area contributed by atoms with Crippen LogP contribution in [0.4, 0.5) is 0 Å². The first-order valence-corrected chi connectivity index (χ1v) is 0. The quantitative estimate of drug-likeness (QED) is 0.194. The number of hydrogen-bond donors (Lipinski definition) is 8. The third-order valence-electron chi connectivity index (χ3n) is 0. The van der Waals surface area contributed by atoms with Crippen LogP contribution in [0.5, 0.6) is 0 Å². The summed E-state index contributed by atoms with van der Waals surface area (Å²) >= 11 is 0. The van der Waals surface area contributed by atoms with Crippen molar-refractivity contribution in [2.75, 3.05) is 0 Å². The zero-order chi connectivity index (χ0) is 0. The Bertz CT molecular complexity index is 12.1. The molecule has 24 N–H and O–H groups in total. The predicted molar refractivity (Wildman–Crippen MR) is 40.2 cm³/mol. The van der Waals surface area contributed by atoms with Gasteiger partial charge < -0.3 is 74.0 Å². The van der Waals surface area contributed by atoms with Crippen molar-refractivity contribution in [1.82, 2.24) is 49.2 Å². The number of rotatable bonds is 0. The average molecular weight is 402 g/mol. The summed E-state index contributed by atoms with van der Waals surface area (Å²) in [5, 5.41) is 0. The van der Waals surface area contributed by atoms with Gasteiger partial charge in [0, 0.05) is 0 Å². The third kappa shape index (κ3) is 975. The van der Waals surface area contributed by atoms with E-state index in [0.29, 0.717) is 0 Å². The van der Waals surface area contributed by atoms with Crippen LogP contribution in [0.25, 0.3) is 0 Å². The molecular weight excluding hydrogens is 378 g/mol. The van der Waals surface area contributed by atoms with Crippen LogP contribution in [0.2, 0.25) is 0 Å². The van der Waals surface area contributed by atoms with Gasteiger partial charge in [-0.3, -0.25) is 0 Å². The van der Waals surface area contributed by atoms with Gasteiger partial charge in [-0.2, -0.15) is 0 Å². The molecule has 8 nitrogen and oxygen atoms in total. The predicted octanol–water partition coefficient (Wildman–Crippen LogP) is -4.70. The van der Waals surface area contributed by atoms with E-state index < -0.39 is 0 Å². The molecule has 0 fully saturated rings. The van der Waals surface area contributed by atoms with Crippen molar-refractivity contribution in [2.45, 2.75) is 0 Å². The van der Waals surface area contributed by atoms with E-state index in [9.17, 15) is 0 Å². The summed E-state index contributed by atoms with van der Waals surface area (Å²) in [4.78, 5) is 0. The van der Waals surface area contributed by atoms with Crippen LogP contribution in [0.15, 0.2) is 0 Å². The molecule has 0 unspecified atom stereocenters. The second kappa shape index (κ2) is 1200. The molecule has 88 valence electrons. The summed E-state index contributed by atoms with van der Waals surface area (Å²) in [7, 11) is 0. The Balaban J connectivity index is 0. The van der Waals surface area contributed by atoms with Crippen LogP contribution < -0.4 is 74.0 Å². The number of hydrogen-bond acceptors (Lipinski definition) is 8. The first-order chi connectivity index (χ1) is 0. The van der Waals surface area contributed by atoms with E-state index in [1.165, 1.54) is 0 Å². The van der Waals surface area contributed by atoms with Gasteiger partial charge in [0.2, 0.25) is 0 Å². The van der Waals surface area contributed by atoms with Crippen LogP contribution in [0.3, 0.4) is 0 Å². The molecule has 0 saturated carbocycles. The van der Waals surface area contributed by atoms with Crippen LogP contribution in [0, 0.1) is 0 Å². The van der Waals surface area contributed by atoms with Gasteiger partial charge in [0.05, 0.1) is 0 Å². The molecule has 0 aromatic carbocycles. The summed E-state index contributed by atoms with van der Waals surface area (Å²) in [5.41, 5.74) is 0. The fourth-order valence-electron chi connectivity index (χ4n) is 0. The van der Waals surface area contributed by atoms with Crippen molar-refractivity contribution in [3.8, 4) is 0 Å². The first kappa shape index (κ1) is 1590. The molecule has 0 heterocycles. The van der Waals surface area contributed by atoms with Gasteiger partial charge in [-0.25, -0.2) is 0 Å². The molecule has 0 radical (unpaired) electrons. The van der Waals surface area contributed by atoms with Crippen molar-refractivity contribution in [1.29, 1.82) is 0 Å². The van der Waals surface area contributed by atoms with Gasteiger partial charge in [-0.1, -0.05) is 0 Å². The second-order valence-corrected chi connectivity index (χ2v) is 0. The smallest absolute Gasteiger partial charge is 1.00 e. The minimum absolute atomic E-state index is 0. The summed E-state index contributed by atoms with van der Waals surface area (Å²) in [6, 6.07) is 0. The van der Waals surface area contributed by atoms with E-state index in [2.05, 4.69) is 0 Å². The van der Waals surface area contributed by atoms with Crippen LogP contribution in [0.1, 0.15) is 0 Å². The zero-order valence-electron chi connectivity index (χ0n) is 6.73. The Morgan fingerprint density at radius 2 is 0.273 bits per heavy atom. The molecule has 0 amide bonds. The second-order valence-electron chi connectivity index (χ2n) is 0. The molecule has 11 heteroatoms. The molecule has 11 heavy (non-hydrogen) atoms. The molecule has 0 aromatic rings. The standard InChI is InChI=1S/2ClH.8H3N.Pt/h2*1H;8*1H3;/q;;;;;;;;;;+2/p-2. The Morgan fingerprint density at radius 1 is 0.273 bits per heavy atom. The van der Waals surface area contributed by atoms with Crippen molar-refractivity contribution < 1.29 is 45.9 Å². The Hall–Kier alpha value is 0.948. The van der Waals surface area contributed by atoms with Crippen LogP contribution >= 0.6 is 0 Å². The van der Waals surface area contributed by atoms with Crippen molar-refractivity contribution in [3.05, 3.63) is 0 Å². The van der Waals surface area contributed by atoms with Crippen LogP contribution in [-0.2, 0) is 21.1 Å². The average Bonchev–Trinajstić information content (AvgIpc) is 0. The van der Waals surface area contributed by atoms with Gasteiger partial charge in [-0.05, 0) is 0 Å². The molecule has 0 spiro atoms. The molecule has 0 bridgehead atoms. The number of halogens is 2. The summed E-state index contributed by atoms with van der Waals surface area (Å²) in [6.45, 7) is 0. The normalized spacial score (nSPS) is 0. The summed E-state index contributed by atoms with van der Waals surface area (Å²) in [5.74, 6) is 0. The largest absolute Gasteiger partial charge is 2.00 e. The molecule has 0 atom stereocenters. The van der Waals surface area contributed by atoms with Crippen LogP contribution in [-0.4, -0.2) is 0 Å². The Labute approximate surface area is 95.1 Å². The molecular formula is H24Cl2N8Pt. The van der Waals surface area contributed by atoms with E-state index in [-0.39, 0.29) is 95.1 Å². The van der Waals surface area contributed by atoms with Gasteiger partial charge in [-0.15, -0.1) is 0 Å². The molecule has 0 aliphatic rings. The van der Waals surface area contributed by atoms with Gasteiger partial charge in [0.25, 0.3) is 0 Å². The van der Waals surface area contributed by atoms with E-state index in [1.807, 2.05) is 0 Å². The third-order valence-corrected chi connectivity index (χ3v) is 0. The fourth-order valence-corrected chi connectivity index (χ4v) is 0. The molecule has 0 aromatic heterocycles. The Kier molecular flexibility index (Phi) is 174000. The van der Waals surface area contributed by atoms with Crippen molar-refractivity contribution >= 4 is 0 Å². The van der Waals surface area contributed by atoms with Gasteiger partial charge >= 0.3 is 21.1 Å². The Morgan fingerprint density at radius 3 is 0.273 bits per heavy atom. The van der Waals surface area contributed by atoms with E-state index in [1.54, 1.807) is 0 Å². The minimum atomic E-state index is 0. The topological polar surface area (TPSA) is 280 Å². The van der Waals surface area contributed by atoms with Gasteiger partial charge in [0.15, 0.2) is 0 Å². The maximum atomic E-state index is 0. The van der Waals surface area contributed by atoms with Crippen molar-refractivity contribution in [3.63, 3.8) is 0 Å². The zero-order valence-corrected chi connectivity index (χ0v) is 10.5. The van der Waals surface area contributed by atoms with E-state index >= 15 is 0 Å². The van der Waals surface area contributed by atoms with E-state index in [4.69, 9.17) is 0 Å². The first-order valence-electron chi connectivity index (χ1n) is 0. The van der Waals surface area contributed by atoms with Crippen molar-refractivity contribution in [2.24, 2.45) is 0 Å². The maximum absolute atomic E-state index is 0. The SMILES string of the molecule is N.N.N.N.N.N.N.N.[Cl-].[Cl-].[Pt+2]. The summed E-state index contributed by atoms with van der Waals surface area (Å²) in [6.07, 6.45) is 0. The minimum Gasteiger partial charge on any atom is -1.00 e. The van der Waals surface area contributed by atoms with Gasteiger partial charge in [0.1, 0.15) is 0 Å². The maximum Gasteiger partial charge on any atom is 2.00 e. The molecule has 0 saturated heterocycles. The molecule has 0 rings (SSSR count). The van der Waals surface area contributed by atoms with E-state index in [0.717, 1.165) is 0 Å². The summed E-state index contributed by atoms with van der Waals surface area (Å²) < 4.78 is 0. The molecule has 0 aliphatic heterocycles. The fraction of sp³-hybridized carbons (Fsp3) is 0.